The van der Waals surface area contributed by atoms with E-state index >= 15 is 0 Å². The standard InChI is InChI=1S/C14H10Br3ClN2O/c15-9-4-10(16)13(11(17)5-9)21-6-8-2-1-7(14(19)20)3-12(8)18/h1-5H,6H2,(H3,19,20). The van der Waals surface area contributed by atoms with Gasteiger partial charge in [-0.25, -0.2) is 0 Å². The van der Waals surface area contributed by atoms with Gasteiger partial charge in [-0.2, -0.15) is 0 Å². The van der Waals surface area contributed by atoms with Crippen LogP contribution in [0.5, 0.6) is 5.75 Å². The molecule has 0 heterocycles. The Morgan fingerprint density at radius 3 is 2.29 bits per heavy atom. The minimum Gasteiger partial charge on any atom is -0.486 e. The summed E-state index contributed by atoms with van der Waals surface area (Å²) in [6, 6.07) is 9.02. The largest absolute Gasteiger partial charge is 0.486 e. The Labute approximate surface area is 152 Å². The molecule has 2 aromatic rings. The average molecular weight is 497 g/mol. The number of ether oxygens (including phenoxy) is 1. The summed E-state index contributed by atoms with van der Waals surface area (Å²) in [4.78, 5) is 0. The van der Waals surface area contributed by atoms with Gasteiger partial charge < -0.3 is 10.5 Å². The second-order valence-electron chi connectivity index (χ2n) is 4.21. The van der Waals surface area contributed by atoms with E-state index in [1.165, 1.54) is 0 Å². The number of hydrogen-bond acceptors (Lipinski definition) is 2. The van der Waals surface area contributed by atoms with Crippen LogP contribution in [0.15, 0.2) is 43.7 Å². The highest BCUT2D eigenvalue weighted by Gasteiger charge is 2.10. The minimum atomic E-state index is -0.0113. The van der Waals surface area contributed by atoms with Crippen molar-refractivity contribution in [1.82, 2.24) is 0 Å². The number of amidine groups is 1. The zero-order valence-electron chi connectivity index (χ0n) is 10.6. The van der Waals surface area contributed by atoms with Crippen molar-refractivity contribution in [2.24, 2.45) is 5.73 Å². The molecule has 0 aliphatic heterocycles. The SMILES string of the molecule is N=C(N)c1ccc(COc2c(Br)cc(Br)cc2Br)c(Cl)c1. The third kappa shape index (κ3) is 4.22. The highest BCUT2D eigenvalue weighted by molar-refractivity contribution is 9.11. The molecule has 0 spiro atoms. The topological polar surface area (TPSA) is 59.1 Å². The zero-order chi connectivity index (χ0) is 15.6. The number of benzene rings is 2. The van der Waals surface area contributed by atoms with Gasteiger partial charge in [0.25, 0.3) is 0 Å². The van der Waals surface area contributed by atoms with Crippen LogP contribution in [0.2, 0.25) is 5.02 Å². The van der Waals surface area contributed by atoms with Crippen molar-refractivity contribution < 1.29 is 4.74 Å². The summed E-state index contributed by atoms with van der Waals surface area (Å²) in [6.07, 6.45) is 0. The quantitative estimate of drug-likeness (QED) is 0.434. The molecule has 0 radical (unpaired) electrons. The lowest BCUT2D eigenvalue weighted by molar-refractivity contribution is 0.302. The maximum Gasteiger partial charge on any atom is 0.148 e. The number of hydrogen-bond donors (Lipinski definition) is 2. The molecule has 7 heteroatoms. The maximum absolute atomic E-state index is 7.39. The van der Waals surface area contributed by atoms with Gasteiger partial charge in [-0.1, -0.05) is 39.7 Å². The molecule has 2 rings (SSSR count). The Bertz CT molecular complexity index is 684. The fourth-order valence-electron chi connectivity index (χ4n) is 1.65. The molecule has 0 bridgehead atoms. The second kappa shape index (κ2) is 7.13. The smallest absolute Gasteiger partial charge is 0.148 e. The molecule has 3 N–H and O–H groups in total. The van der Waals surface area contributed by atoms with Crippen molar-refractivity contribution in [3.63, 3.8) is 0 Å². The molecule has 0 unspecified atom stereocenters. The van der Waals surface area contributed by atoms with E-state index in [4.69, 9.17) is 27.5 Å². The Hall–Kier alpha value is -0.560. The average Bonchev–Trinajstić information content (AvgIpc) is 2.38. The first-order chi connectivity index (χ1) is 9.88. The first kappa shape index (κ1) is 16.8. The third-order valence-corrected chi connectivity index (χ3v) is 4.69. The Kier molecular flexibility index (Phi) is 5.71. The number of nitrogen functional groups attached to an aromatic ring is 1. The Balaban J connectivity index is 2.19. The lowest BCUT2D eigenvalue weighted by atomic mass is 10.1. The van der Waals surface area contributed by atoms with E-state index in [0.29, 0.717) is 22.9 Å². The van der Waals surface area contributed by atoms with Crippen molar-refractivity contribution in [2.75, 3.05) is 0 Å². The fraction of sp³-hybridized carbons (Fsp3) is 0.0714. The van der Waals surface area contributed by atoms with Gasteiger partial charge in [-0.3, -0.25) is 5.41 Å². The molecule has 0 aliphatic carbocycles. The first-order valence-electron chi connectivity index (χ1n) is 5.78. The van der Waals surface area contributed by atoms with Crippen LogP contribution in [0.1, 0.15) is 11.1 Å². The Morgan fingerprint density at radius 2 is 1.76 bits per heavy atom. The number of nitrogens with one attached hydrogen (secondary N) is 1. The predicted octanol–water partition coefficient (Wildman–Crippen LogP) is 5.49. The second-order valence-corrected chi connectivity index (χ2v) is 7.24. The van der Waals surface area contributed by atoms with Crippen molar-refractivity contribution in [3.05, 3.63) is 59.9 Å². The number of nitrogens with two attached hydrogens (primary N) is 1. The number of halogens is 4. The Morgan fingerprint density at radius 1 is 1.14 bits per heavy atom. The lowest BCUT2D eigenvalue weighted by Gasteiger charge is -2.12. The highest BCUT2D eigenvalue weighted by Crippen LogP contribution is 2.37. The summed E-state index contributed by atoms with van der Waals surface area (Å²) in [6.45, 7) is 0.315. The summed E-state index contributed by atoms with van der Waals surface area (Å²) < 4.78 is 8.42. The summed E-state index contributed by atoms with van der Waals surface area (Å²) in [5, 5.41) is 7.91. The molecular formula is C14H10Br3ClN2O. The monoisotopic (exact) mass is 494 g/mol. The zero-order valence-corrected chi connectivity index (χ0v) is 16.1. The van der Waals surface area contributed by atoms with Gasteiger partial charge in [-0.15, -0.1) is 0 Å². The van der Waals surface area contributed by atoms with Gasteiger partial charge in [-0.05, 0) is 50.1 Å². The maximum atomic E-state index is 7.39. The van der Waals surface area contributed by atoms with Crippen LogP contribution >= 0.6 is 59.4 Å². The normalized spacial score (nSPS) is 10.5. The van der Waals surface area contributed by atoms with Gasteiger partial charge in [0, 0.05) is 20.6 Å². The van der Waals surface area contributed by atoms with E-state index in [2.05, 4.69) is 47.8 Å². The van der Waals surface area contributed by atoms with Crippen molar-refractivity contribution in [1.29, 1.82) is 5.41 Å². The van der Waals surface area contributed by atoms with Crippen LogP contribution in [-0.2, 0) is 6.61 Å². The fourth-order valence-corrected chi connectivity index (χ4v) is 4.37. The lowest BCUT2D eigenvalue weighted by Crippen LogP contribution is -2.11. The van der Waals surface area contributed by atoms with Gasteiger partial charge in [0.1, 0.15) is 18.2 Å². The molecule has 3 nitrogen and oxygen atoms in total. The first-order valence-corrected chi connectivity index (χ1v) is 8.54. The summed E-state index contributed by atoms with van der Waals surface area (Å²) in [5.41, 5.74) is 6.84. The van der Waals surface area contributed by atoms with Gasteiger partial charge in [0.05, 0.1) is 8.95 Å². The summed E-state index contributed by atoms with van der Waals surface area (Å²) >= 11 is 16.5. The van der Waals surface area contributed by atoms with E-state index in [1.807, 2.05) is 12.1 Å². The van der Waals surface area contributed by atoms with Crippen LogP contribution in [0.3, 0.4) is 0 Å². The molecule has 2 aromatic carbocycles. The molecule has 0 fully saturated rings. The highest BCUT2D eigenvalue weighted by atomic mass is 79.9. The van der Waals surface area contributed by atoms with E-state index < -0.39 is 0 Å². The number of rotatable bonds is 4. The molecule has 0 atom stereocenters. The van der Waals surface area contributed by atoms with Crippen molar-refractivity contribution >= 4 is 65.2 Å². The van der Waals surface area contributed by atoms with Gasteiger partial charge in [0.15, 0.2) is 0 Å². The van der Waals surface area contributed by atoms with Gasteiger partial charge in [0.2, 0.25) is 0 Å². The molecule has 0 aromatic heterocycles. The van der Waals surface area contributed by atoms with E-state index in [0.717, 1.165) is 19.0 Å². The summed E-state index contributed by atoms with van der Waals surface area (Å²) in [7, 11) is 0. The van der Waals surface area contributed by atoms with Crippen LogP contribution in [-0.4, -0.2) is 5.84 Å². The van der Waals surface area contributed by atoms with Crippen molar-refractivity contribution in [2.45, 2.75) is 6.61 Å². The van der Waals surface area contributed by atoms with Crippen LogP contribution < -0.4 is 10.5 Å². The van der Waals surface area contributed by atoms with Crippen LogP contribution in [0, 0.1) is 5.41 Å². The van der Waals surface area contributed by atoms with E-state index in [1.54, 1.807) is 18.2 Å². The predicted molar refractivity (Wildman–Crippen MR) is 96.3 cm³/mol. The van der Waals surface area contributed by atoms with Crippen LogP contribution in [0.4, 0.5) is 0 Å². The van der Waals surface area contributed by atoms with E-state index in [-0.39, 0.29) is 5.84 Å². The van der Waals surface area contributed by atoms with Gasteiger partial charge >= 0.3 is 0 Å². The molecule has 0 amide bonds. The third-order valence-electron chi connectivity index (χ3n) is 2.70. The molecule has 0 saturated carbocycles. The molecule has 0 saturated heterocycles. The molecule has 21 heavy (non-hydrogen) atoms. The molecular weight excluding hydrogens is 487 g/mol. The summed E-state index contributed by atoms with van der Waals surface area (Å²) in [5.74, 6) is 0.688. The molecule has 110 valence electrons. The van der Waals surface area contributed by atoms with Crippen LogP contribution in [0.25, 0.3) is 0 Å². The van der Waals surface area contributed by atoms with Crippen molar-refractivity contribution in [3.8, 4) is 5.75 Å². The van der Waals surface area contributed by atoms with E-state index in [9.17, 15) is 0 Å². The molecule has 0 aliphatic rings. The minimum absolute atomic E-state index is 0.0113.